The molecule has 3 aromatic rings. The van der Waals surface area contributed by atoms with Gasteiger partial charge >= 0.3 is 0 Å². The minimum atomic E-state index is -0.289. The van der Waals surface area contributed by atoms with Crippen LogP contribution in [0.15, 0.2) is 41.8 Å². The molecule has 0 fully saturated rings. The highest BCUT2D eigenvalue weighted by Gasteiger charge is 2.12. The maximum Gasteiger partial charge on any atom is 0.264 e. The van der Waals surface area contributed by atoms with E-state index >= 15 is 0 Å². The monoisotopic (exact) mass is 418 g/mol. The number of methoxy groups -OCH3 is 2. The highest BCUT2D eigenvalue weighted by Crippen LogP contribution is 2.33. The Hall–Kier alpha value is -2.77. The van der Waals surface area contributed by atoms with Crippen LogP contribution in [0.3, 0.4) is 0 Å². The van der Waals surface area contributed by atoms with Crippen molar-refractivity contribution in [1.29, 1.82) is 0 Å². The van der Waals surface area contributed by atoms with Gasteiger partial charge in [0.1, 0.15) is 5.75 Å². The lowest BCUT2D eigenvalue weighted by Crippen LogP contribution is -2.20. The lowest BCUT2D eigenvalue weighted by Gasteiger charge is -2.09. The Balaban J connectivity index is 1.63. The van der Waals surface area contributed by atoms with Gasteiger partial charge in [-0.3, -0.25) is 10.1 Å². The number of carbonyl (C=O) groups excluding carboxylic acids is 1. The molecule has 0 spiro atoms. The average molecular weight is 419 g/mol. The number of carbonyl (C=O) groups is 1. The number of rotatable bonds is 7. The molecule has 0 saturated heterocycles. The van der Waals surface area contributed by atoms with Crippen LogP contribution in [0.25, 0.3) is 11.3 Å². The third-order valence-corrected chi connectivity index (χ3v) is 4.92. The van der Waals surface area contributed by atoms with Gasteiger partial charge in [0, 0.05) is 16.0 Å². The van der Waals surface area contributed by atoms with E-state index in [1.165, 1.54) is 11.3 Å². The van der Waals surface area contributed by atoms with Crippen LogP contribution in [0.2, 0.25) is 5.02 Å². The molecule has 146 valence electrons. The fourth-order valence-electron chi connectivity index (χ4n) is 2.53. The Kier molecular flexibility index (Phi) is 6.38. The van der Waals surface area contributed by atoms with Crippen molar-refractivity contribution in [3.05, 3.63) is 52.4 Å². The molecular weight excluding hydrogens is 400 g/mol. The van der Waals surface area contributed by atoms with Crippen molar-refractivity contribution in [1.82, 2.24) is 4.98 Å². The Morgan fingerprint density at radius 1 is 1.11 bits per heavy atom. The normalized spacial score (nSPS) is 10.4. The summed E-state index contributed by atoms with van der Waals surface area (Å²) < 4.78 is 16.1. The van der Waals surface area contributed by atoms with E-state index in [0.717, 1.165) is 16.8 Å². The number of anilines is 1. The minimum Gasteiger partial charge on any atom is -0.493 e. The second kappa shape index (κ2) is 8.95. The highest BCUT2D eigenvalue weighted by atomic mass is 35.5. The third-order valence-electron chi connectivity index (χ3n) is 3.93. The number of amides is 1. The number of aromatic nitrogens is 1. The summed E-state index contributed by atoms with van der Waals surface area (Å²) in [6, 6.07) is 10.8. The number of halogens is 1. The molecule has 0 unspecified atom stereocenters. The van der Waals surface area contributed by atoms with Crippen molar-refractivity contribution in [2.45, 2.75) is 6.92 Å². The average Bonchev–Trinajstić information content (AvgIpc) is 3.15. The van der Waals surface area contributed by atoms with Crippen molar-refractivity contribution in [3.8, 4) is 28.5 Å². The number of hydrogen-bond donors (Lipinski definition) is 1. The number of nitrogens with one attached hydrogen (secondary N) is 1. The fraction of sp³-hybridized carbons (Fsp3) is 0.200. The van der Waals surface area contributed by atoms with E-state index in [4.69, 9.17) is 25.8 Å². The zero-order valence-corrected chi connectivity index (χ0v) is 17.2. The maximum atomic E-state index is 12.2. The van der Waals surface area contributed by atoms with Crippen LogP contribution in [0.4, 0.5) is 5.13 Å². The molecule has 1 amide bonds. The number of nitrogens with zero attached hydrogens (tertiary/aromatic N) is 1. The lowest BCUT2D eigenvalue weighted by atomic mass is 10.1. The van der Waals surface area contributed by atoms with Crippen LogP contribution in [0.1, 0.15) is 5.56 Å². The molecule has 28 heavy (non-hydrogen) atoms. The van der Waals surface area contributed by atoms with E-state index in [1.807, 2.05) is 30.5 Å². The van der Waals surface area contributed by atoms with Gasteiger partial charge in [-0.1, -0.05) is 11.6 Å². The first-order valence-corrected chi connectivity index (χ1v) is 9.62. The van der Waals surface area contributed by atoms with E-state index in [9.17, 15) is 4.79 Å². The molecule has 0 atom stereocenters. The number of hydrogen-bond acceptors (Lipinski definition) is 6. The number of thiazole rings is 1. The summed E-state index contributed by atoms with van der Waals surface area (Å²) in [7, 11) is 3.17. The van der Waals surface area contributed by atoms with E-state index in [2.05, 4.69) is 10.3 Å². The van der Waals surface area contributed by atoms with Crippen molar-refractivity contribution in [2.24, 2.45) is 0 Å². The summed E-state index contributed by atoms with van der Waals surface area (Å²) in [5.74, 6) is 1.59. The molecule has 1 heterocycles. The third kappa shape index (κ3) is 4.74. The summed E-state index contributed by atoms with van der Waals surface area (Å²) in [6.45, 7) is 1.75. The molecule has 0 saturated carbocycles. The topological polar surface area (TPSA) is 69.7 Å². The molecule has 2 aromatic carbocycles. The molecule has 1 aromatic heterocycles. The molecule has 0 aliphatic rings. The molecule has 0 aliphatic heterocycles. The summed E-state index contributed by atoms with van der Waals surface area (Å²) in [5.41, 5.74) is 2.46. The van der Waals surface area contributed by atoms with Gasteiger partial charge in [-0.25, -0.2) is 4.98 Å². The number of aryl methyl sites for hydroxylation is 1. The Labute approximate surface area is 172 Å². The molecule has 8 heteroatoms. The van der Waals surface area contributed by atoms with Gasteiger partial charge < -0.3 is 14.2 Å². The summed E-state index contributed by atoms with van der Waals surface area (Å²) in [4.78, 5) is 16.6. The van der Waals surface area contributed by atoms with Crippen LogP contribution in [0.5, 0.6) is 17.2 Å². The Morgan fingerprint density at radius 3 is 2.57 bits per heavy atom. The standard InChI is InChI=1S/C20H19ClN2O4S/c1-12-8-14(21)5-7-16(12)27-10-19(24)23-20-22-15(11-28-20)13-4-6-17(25-2)18(9-13)26-3/h4-9,11H,10H2,1-3H3,(H,22,23,24). The van der Waals surface area contributed by atoms with Crippen molar-refractivity contribution in [2.75, 3.05) is 26.1 Å². The zero-order valence-electron chi connectivity index (χ0n) is 15.6. The van der Waals surface area contributed by atoms with Crippen LogP contribution in [-0.4, -0.2) is 31.7 Å². The molecule has 1 N–H and O–H groups in total. The second-order valence-electron chi connectivity index (χ2n) is 5.85. The minimum absolute atomic E-state index is 0.117. The molecule has 6 nitrogen and oxygen atoms in total. The van der Waals surface area contributed by atoms with Gasteiger partial charge in [-0.15, -0.1) is 11.3 Å². The smallest absolute Gasteiger partial charge is 0.264 e. The van der Waals surface area contributed by atoms with Gasteiger partial charge in [0.25, 0.3) is 5.91 Å². The van der Waals surface area contributed by atoms with E-state index < -0.39 is 0 Å². The maximum absolute atomic E-state index is 12.2. The van der Waals surface area contributed by atoms with Crippen molar-refractivity contribution < 1.29 is 19.0 Å². The first kappa shape index (κ1) is 20.0. The first-order chi connectivity index (χ1) is 13.5. The van der Waals surface area contributed by atoms with Crippen LogP contribution in [-0.2, 0) is 4.79 Å². The summed E-state index contributed by atoms with van der Waals surface area (Å²) in [5, 5.41) is 5.72. The fourth-order valence-corrected chi connectivity index (χ4v) is 3.50. The van der Waals surface area contributed by atoms with Gasteiger partial charge in [0.15, 0.2) is 23.2 Å². The Morgan fingerprint density at radius 2 is 1.86 bits per heavy atom. The van der Waals surface area contributed by atoms with Crippen LogP contribution < -0.4 is 19.5 Å². The van der Waals surface area contributed by atoms with Crippen LogP contribution >= 0.6 is 22.9 Å². The lowest BCUT2D eigenvalue weighted by molar-refractivity contribution is -0.118. The molecule has 0 aliphatic carbocycles. The molecule has 0 bridgehead atoms. The largest absolute Gasteiger partial charge is 0.493 e. The van der Waals surface area contributed by atoms with Gasteiger partial charge in [0.05, 0.1) is 19.9 Å². The van der Waals surface area contributed by atoms with Gasteiger partial charge in [0.2, 0.25) is 0 Å². The number of ether oxygens (including phenoxy) is 3. The van der Waals surface area contributed by atoms with Crippen molar-refractivity contribution in [3.63, 3.8) is 0 Å². The predicted octanol–water partition coefficient (Wildman–Crippen LogP) is 4.81. The van der Waals surface area contributed by atoms with E-state index in [-0.39, 0.29) is 12.5 Å². The quantitative estimate of drug-likeness (QED) is 0.596. The molecule has 3 rings (SSSR count). The molecular formula is C20H19ClN2O4S. The summed E-state index contributed by atoms with van der Waals surface area (Å²) in [6.07, 6.45) is 0. The van der Waals surface area contributed by atoms with E-state index in [1.54, 1.807) is 32.4 Å². The number of benzene rings is 2. The van der Waals surface area contributed by atoms with Gasteiger partial charge in [-0.2, -0.15) is 0 Å². The van der Waals surface area contributed by atoms with Gasteiger partial charge in [-0.05, 0) is 48.9 Å². The zero-order chi connectivity index (χ0) is 20.1. The highest BCUT2D eigenvalue weighted by molar-refractivity contribution is 7.14. The first-order valence-electron chi connectivity index (χ1n) is 8.37. The van der Waals surface area contributed by atoms with Crippen molar-refractivity contribution >= 4 is 34.0 Å². The molecule has 0 radical (unpaired) electrons. The predicted molar refractivity (Wildman–Crippen MR) is 111 cm³/mol. The Bertz CT molecular complexity index is 990. The van der Waals surface area contributed by atoms with Crippen LogP contribution in [0, 0.1) is 6.92 Å². The summed E-state index contributed by atoms with van der Waals surface area (Å²) >= 11 is 7.25. The van der Waals surface area contributed by atoms with E-state index in [0.29, 0.717) is 27.4 Å². The SMILES string of the molecule is COc1ccc(-c2csc(NC(=O)COc3ccc(Cl)cc3C)n2)cc1OC. The second-order valence-corrected chi connectivity index (χ2v) is 7.15.